The number of nitrogens with one attached hydrogen (secondary N) is 2. The highest BCUT2D eigenvalue weighted by molar-refractivity contribution is 7.89. The molecule has 8 heteroatoms. The standard InChI is InChI=1S/C14H27N3O3S.ClH/c1-3-21(19,20)17-9-5-12(6-10-17)16-13(18)14(2)7-4-8-15-11-14;/h12,15H,3-11H2,1-2H3,(H,16,18);1H. The fraction of sp³-hybridized carbons (Fsp3) is 0.929. The number of halogens is 1. The Morgan fingerprint density at radius 1 is 1.36 bits per heavy atom. The van der Waals surface area contributed by atoms with Gasteiger partial charge in [0, 0.05) is 25.7 Å². The van der Waals surface area contributed by atoms with Gasteiger partial charge in [0.1, 0.15) is 0 Å². The highest BCUT2D eigenvalue weighted by Crippen LogP contribution is 2.26. The molecule has 2 saturated heterocycles. The molecule has 6 nitrogen and oxygen atoms in total. The van der Waals surface area contributed by atoms with Gasteiger partial charge in [-0.2, -0.15) is 0 Å². The molecule has 0 aromatic heterocycles. The first-order valence-electron chi connectivity index (χ1n) is 7.87. The topological polar surface area (TPSA) is 78.5 Å². The minimum absolute atomic E-state index is 0. The zero-order valence-electron chi connectivity index (χ0n) is 13.4. The molecule has 2 N–H and O–H groups in total. The van der Waals surface area contributed by atoms with Crippen LogP contribution in [0.4, 0.5) is 0 Å². The van der Waals surface area contributed by atoms with E-state index < -0.39 is 10.0 Å². The van der Waals surface area contributed by atoms with E-state index in [0.29, 0.717) is 25.9 Å². The van der Waals surface area contributed by atoms with Crippen LogP contribution in [0.2, 0.25) is 0 Å². The summed E-state index contributed by atoms with van der Waals surface area (Å²) in [6.07, 6.45) is 3.34. The van der Waals surface area contributed by atoms with Crippen LogP contribution in [0.3, 0.4) is 0 Å². The molecular weight excluding hydrogens is 326 g/mol. The molecule has 0 radical (unpaired) electrons. The zero-order valence-corrected chi connectivity index (χ0v) is 15.1. The Labute approximate surface area is 139 Å². The van der Waals surface area contributed by atoms with Gasteiger partial charge in [0.15, 0.2) is 0 Å². The van der Waals surface area contributed by atoms with Crippen molar-refractivity contribution < 1.29 is 13.2 Å². The van der Waals surface area contributed by atoms with Gasteiger partial charge >= 0.3 is 0 Å². The van der Waals surface area contributed by atoms with Gasteiger partial charge in [-0.1, -0.05) is 0 Å². The number of carbonyl (C=O) groups excluding carboxylic acids is 1. The molecule has 0 bridgehead atoms. The van der Waals surface area contributed by atoms with E-state index in [0.717, 1.165) is 25.9 Å². The van der Waals surface area contributed by atoms with Gasteiger partial charge in [0.05, 0.1) is 11.2 Å². The summed E-state index contributed by atoms with van der Waals surface area (Å²) in [4.78, 5) is 12.4. The summed E-state index contributed by atoms with van der Waals surface area (Å²) in [6.45, 7) is 6.40. The van der Waals surface area contributed by atoms with Gasteiger partial charge in [-0.05, 0) is 46.1 Å². The highest BCUT2D eigenvalue weighted by Gasteiger charge is 2.36. The van der Waals surface area contributed by atoms with Crippen molar-refractivity contribution in [3.63, 3.8) is 0 Å². The number of amides is 1. The lowest BCUT2D eigenvalue weighted by atomic mass is 9.81. The van der Waals surface area contributed by atoms with E-state index in [4.69, 9.17) is 0 Å². The number of hydrogen-bond acceptors (Lipinski definition) is 4. The normalized spacial score (nSPS) is 27.9. The van der Waals surface area contributed by atoms with Gasteiger partial charge in [-0.15, -0.1) is 12.4 Å². The molecule has 130 valence electrons. The monoisotopic (exact) mass is 353 g/mol. The molecule has 2 aliphatic rings. The van der Waals surface area contributed by atoms with Gasteiger partial charge < -0.3 is 10.6 Å². The van der Waals surface area contributed by atoms with Crippen molar-refractivity contribution in [2.45, 2.75) is 45.6 Å². The molecule has 2 rings (SSSR count). The Morgan fingerprint density at radius 2 is 2.00 bits per heavy atom. The van der Waals surface area contributed by atoms with Crippen LogP contribution < -0.4 is 10.6 Å². The average Bonchev–Trinajstić information content (AvgIpc) is 2.48. The minimum atomic E-state index is -3.10. The molecular formula is C14H28ClN3O3S. The van der Waals surface area contributed by atoms with Gasteiger partial charge in [0.25, 0.3) is 0 Å². The smallest absolute Gasteiger partial charge is 0.227 e. The lowest BCUT2D eigenvalue weighted by molar-refractivity contribution is -0.132. The first kappa shape index (κ1) is 19.7. The minimum Gasteiger partial charge on any atom is -0.353 e. The van der Waals surface area contributed by atoms with Crippen molar-refractivity contribution in [2.75, 3.05) is 31.9 Å². The van der Waals surface area contributed by atoms with Crippen molar-refractivity contribution in [3.8, 4) is 0 Å². The second kappa shape index (κ2) is 7.95. The van der Waals surface area contributed by atoms with E-state index in [-0.39, 0.29) is 35.5 Å². The van der Waals surface area contributed by atoms with Crippen LogP contribution in [0.25, 0.3) is 0 Å². The Balaban J connectivity index is 0.00000242. The quantitative estimate of drug-likeness (QED) is 0.781. The predicted molar refractivity (Wildman–Crippen MR) is 89.7 cm³/mol. The van der Waals surface area contributed by atoms with Gasteiger partial charge in [-0.3, -0.25) is 4.79 Å². The van der Waals surface area contributed by atoms with Crippen LogP contribution in [0, 0.1) is 5.41 Å². The zero-order chi connectivity index (χ0) is 15.5. The third-order valence-corrected chi connectivity index (χ3v) is 6.57. The van der Waals surface area contributed by atoms with Crippen molar-refractivity contribution >= 4 is 28.3 Å². The average molecular weight is 354 g/mol. The van der Waals surface area contributed by atoms with E-state index >= 15 is 0 Å². The summed E-state index contributed by atoms with van der Waals surface area (Å²) < 4.78 is 25.2. The van der Waals surface area contributed by atoms with Crippen LogP contribution in [0.1, 0.15) is 39.5 Å². The molecule has 1 unspecified atom stereocenters. The SMILES string of the molecule is CCS(=O)(=O)N1CCC(NC(=O)C2(C)CCCNC2)CC1.Cl. The second-order valence-corrected chi connectivity index (χ2v) is 8.65. The van der Waals surface area contributed by atoms with E-state index in [9.17, 15) is 13.2 Å². The van der Waals surface area contributed by atoms with Crippen molar-refractivity contribution in [2.24, 2.45) is 5.41 Å². The molecule has 1 atom stereocenters. The van der Waals surface area contributed by atoms with Crippen LogP contribution in [-0.2, 0) is 14.8 Å². The van der Waals surface area contributed by atoms with E-state index in [1.807, 2.05) is 6.92 Å². The van der Waals surface area contributed by atoms with Gasteiger partial charge in [0.2, 0.25) is 15.9 Å². The maximum absolute atomic E-state index is 12.4. The van der Waals surface area contributed by atoms with Crippen molar-refractivity contribution in [1.29, 1.82) is 0 Å². The molecule has 0 aliphatic carbocycles. The number of hydrogen-bond donors (Lipinski definition) is 2. The summed E-state index contributed by atoms with van der Waals surface area (Å²) in [7, 11) is -3.10. The molecule has 0 aromatic carbocycles. The number of nitrogens with zero attached hydrogens (tertiary/aromatic N) is 1. The summed E-state index contributed by atoms with van der Waals surface area (Å²) in [5, 5.41) is 6.40. The Bertz CT molecular complexity index is 470. The highest BCUT2D eigenvalue weighted by atomic mass is 35.5. The third-order valence-electron chi connectivity index (χ3n) is 4.69. The molecule has 1 amide bonds. The van der Waals surface area contributed by atoms with Crippen LogP contribution in [0.15, 0.2) is 0 Å². The largest absolute Gasteiger partial charge is 0.353 e. The number of carbonyl (C=O) groups is 1. The lowest BCUT2D eigenvalue weighted by Gasteiger charge is -2.36. The first-order valence-corrected chi connectivity index (χ1v) is 9.48. The summed E-state index contributed by atoms with van der Waals surface area (Å²) in [5.41, 5.74) is -0.328. The number of rotatable bonds is 4. The molecule has 0 saturated carbocycles. The van der Waals surface area contributed by atoms with Crippen molar-refractivity contribution in [1.82, 2.24) is 14.9 Å². The maximum atomic E-state index is 12.4. The van der Waals surface area contributed by atoms with E-state index in [2.05, 4.69) is 10.6 Å². The second-order valence-electron chi connectivity index (χ2n) is 6.39. The Morgan fingerprint density at radius 3 is 2.50 bits per heavy atom. The van der Waals surface area contributed by atoms with E-state index in [1.165, 1.54) is 0 Å². The van der Waals surface area contributed by atoms with Crippen LogP contribution in [0.5, 0.6) is 0 Å². The van der Waals surface area contributed by atoms with Crippen LogP contribution in [-0.4, -0.2) is 56.6 Å². The lowest BCUT2D eigenvalue weighted by Crippen LogP contribution is -2.53. The fourth-order valence-corrected chi connectivity index (χ4v) is 4.20. The maximum Gasteiger partial charge on any atom is 0.227 e. The summed E-state index contributed by atoms with van der Waals surface area (Å²) in [5.74, 6) is 0.250. The number of sulfonamides is 1. The molecule has 0 spiro atoms. The molecule has 22 heavy (non-hydrogen) atoms. The van der Waals surface area contributed by atoms with Crippen molar-refractivity contribution in [3.05, 3.63) is 0 Å². The first-order chi connectivity index (χ1) is 9.87. The van der Waals surface area contributed by atoms with Gasteiger partial charge in [-0.25, -0.2) is 12.7 Å². The Hall–Kier alpha value is -0.370. The molecule has 2 aliphatic heterocycles. The molecule has 0 aromatic rings. The fourth-order valence-electron chi connectivity index (χ4n) is 3.07. The third kappa shape index (κ3) is 4.57. The molecule has 2 heterocycles. The van der Waals surface area contributed by atoms with E-state index in [1.54, 1.807) is 11.2 Å². The summed E-state index contributed by atoms with van der Waals surface area (Å²) >= 11 is 0. The van der Waals surface area contributed by atoms with Crippen LogP contribution >= 0.6 is 12.4 Å². The Kier molecular flexibility index (Phi) is 7.11. The molecule has 2 fully saturated rings. The predicted octanol–water partition coefficient (Wildman–Crippen LogP) is 0.728. The number of piperidine rings is 2. The summed E-state index contributed by atoms with van der Waals surface area (Å²) in [6, 6.07) is 0.0968.